The predicted octanol–water partition coefficient (Wildman–Crippen LogP) is 1.91. The molecular weight excluding hydrogens is 182 g/mol. The van der Waals surface area contributed by atoms with Gasteiger partial charge in [-0.3, -0.25) is 4.79 Å². The van der Waals surface area contributed by atoms with Gasteiger partial charge >= 0.3 is 0 Å². The van der Waals surface area contributed by atoms with E-state index >= 15 is 0 Å². The molecule has 3 heteroatoms. The van der Waals surface area contributed by atoms with Crippen LogP contribution in [0.5, 0.6) is 0 Å². The normalized spacial score (nSPS) is 12.5. The highest BCUT2D eigenvalue weighted by molar-refractivity contribution is 8.14. The van der Waals surface area contributed by atoms with Gasteiger partial charge in [-0.1, -0.05) is 42.1 Å². The maximum atomic E-state index is 11.5. The molecular formula is C10H13NOS. The smallest absolute Gasteiger partial charge is 0.219 e. The van der Waals surface area contributed by atoms with Crippen molar-refractivity contribution in [2.24, 2.45) is 5.73 Å². The third kappa shape index (κ3) is 3.61. The molecule has 0 bridgehead atoms. The number of carbonyl (C=O) groups excluding carboxylic acids is 1. The Morgan fingerprint density at radius 2 is 2.08 bits per heavy atom. The lowest BCUT2D eigenvalue weighted by molar-refractivity contribution is 0.108. The molecule has 0 fully saturated rings. The van der Waals surface area contributed by atoms with E-state index < -0.39 is 0 Å². The molecule has 1 aromatic carbocycles. The summed E-state index contributed by atoms with van der Waals surface area (Å²) in [5, 5.41) is 0.0953. The second-order valence-electron chi connectivity index (χ2n) is 2.94. The molecule has 0 saturated heterocycles. The Morgan fingerprint density at radius 1 is 1.46 bits per heavy atom. The molecule has 1 aromatic rings. The first-order chi connectivity index (χ1) is 6.20. The molecule has 2 nitrogen and oxygen atoms in total. The van der Waals surface area contributed by atoms with Gasteiger partial charge in [-0.15, -0.1) is 0 Å². The Bertz CT molecular complexity index is 272. The second-order valence-corrected chi connectivity index (χ2v) is 3.93. The Balaban J connectivity index is 2.50. The second kappa shape index (κ2) is 5.04. The van der Waals surface area contributed by atoms with Crippen LogP contribution in [-0.2, 0) is 0 Å². The van der Waals surface area contributed by atoms with E-state index in [9.17, 15) is 4.79 Å². The Morgan fingerprint density at radius 3 is 2.62 bits per heavy atom. The standard InChI is InChI=1S/C10H13NOS/c1-8(11)7-13-10(12)9-5-3-2-4-6-9/h2-6,8H,7,11H2,1H3. The number of nitrogens with two attached hydrogens (primary N) is 1. The molecule has 2 N–H and O–H groups in total. The van der Waals surface area contributed by atoms with Gasteiger partial charge in [0.2, 0.25) is 5.12 Å². The van der Waals surface area contributed by atoms with Crippen LogP contribution in [0.25, 0.3) is 0 Å². The fraction of sp³-hybridized carbons (Fsp3) is 0.300. The van der Waals surface area contributed by atoms with Gasteiger partial charge in [0, 0.05) is 17.4 Å². The van der Waals surface area contributed by atoms with E-state index in [1.165, 1.54) is 11.8 Å². The summed E-state index contributed by atoms with van der Waals surface area (Å²) in [5.74, 6) is 0.674. The number of thioether (sulfide) groups is 1. The van der Waals surface area contributed by atoms with E-state index in [1.54, 1.807) is 0 Å². The molecule has 0 heterocycles. The van der Waals surface area contributed by atoms with E-state index in [0.717, 1.165) is 5.56 Å². The molecule has 0 aromatic heterocycles. The van der Waals surface area contributed by atoms with Gasteiger partial charge < -0.3 is 5.73 Å². The first-order valence-corrected chi connectivity index (χ1v) is 5.16. The third-order valence-electron chi connectivity index (χ3n) is 1.49. The molecule has 1 rings (SSSR count). The topological polar surface area (TPSA) is 43.1 Å². The minimum Gasteiger partial charge on any atom is -0.327 e. The minimum absolute atomic E-state index is 0.0673. The van der Waals surface area contributed by atoms with E-state index in [2.05, 4.69) is 0 Å². The van der Waals surface area contributed by atoms with Gasteiger partial charge in [0.05, 0.1) is 0 Å². The van der Waals surface area contributed by atoms with Crippen molar-refractivity contribution in [3.8, 4) is 0 Å². The van der Waals surface area contributed by atoms with Crippen LogP contribution in [0.2, 0.25) is 0 Å². The molecule has 13 heavy (non-hydrogen) atoms. The number of hydrogen-bond acceptors (Lipinski definition) is 3. The van der Waals surface area contributed by atoms with Crippen molar-refractivity contribution in [1.29, 1.82) is 0 Å². The molecule has 1 unspecified atom stereocenters. The van der Waals surface area contributed by atoms with Crippen LogP contribution in [-0.4, -0.2) is 16.9 Å². The van der Waals surface area contributed by atoms with Gasteiger partial charge in [-0.25, -0.2) is 0 Å². The molecule has 0 spiro atoms. The fourth-order valence-electron chi connectivity index (χ4n) is 0.865. The number of rotatable bonds is 3. The van der Waals surface area contributed by atoms with Gasteiger partial charge in [0.25, 0.3) is 0 Å². The Hall–Kier alpha value is -0.800. The molecule has 0 saturated carbocycles. The lowest BCUT2D eigenvalue weighted by Gasteiger charge is -2.02. The van der Waals surface area contributed by atoms with Crippen LogP contribution in [0.3, 0.4) is 0 Å². The third-order valence-corrected chi connectivity index (χ3v) is 2.68. The molecule has 0 aliphatic heterocycles. The largest absolute Gasteiger partial charge is 0.327 e. The van der Waals surface area contributed by atoms with E-state index in [0.29, 0.717) is 5.75 Å². The number of benzene rings is 1. The molecule has 0 aliphatic carbocycles. The molecule has 1 atom stereocenters. The quantitative estimate of drug-likeness (QED) is 0.801. The van der Waals surface area contributed by atoms with E-state index in [-0.39, 0.29) is 11.2 Å². The Kier molecular flexibility index (Phi) is 3.99. The van der Waals surface area contributed by atoms with Crippen LogP contribution in [0, 0.1) is 0 Å². The summed E-state index contributed by atoms with van der Waals surface area (Å²) in [6.45, 7) is 1.89. The van der Waals surface area contributed by atoms with Crippen molar-refractivity contribution in [2.75, 3.05) is 5.75 Å². The molecule has 0 radical (unpaired) electrons. The van der Waals surface area contributed by atoms with E-state index in [1.807, 2.05) is 37.3 Å². The van der Waals surface area contributed by atoms with Crippen molar-refractivity contribution in [2.45, 2.75) is 13.0 Å². The highest BCUT2D eigenvalue weighted by atomic mass is 32.2. The van der Waals surface area contributed by atoms with Crippen molar-refractivity contribution < 1.29 is 4.79 Å². The summed E-state index contributed by atoms with van der Waals surface area (Å²) < 4.78 is 0. The summed E-state index contributed by atoms with van der Waals surface area (Å²) in [5.41, 5.74) is 6.29. The minimum atomic E-state index is 0.0673. The monoisotopic (exact) mass is 195 g/mol. The lowest BCUT2D eigenvalue weighted by Crippen LogP contribution is -2.18. The summed E-state index contributed by atoms with van der Waals surface area (Å²) in [6, 6.07) is 9.32. The van der Waals surface area contributed by atoms with Crippen molar-refractivity contribution >= 4 is 16.9 Å². The highest BCUT2D eigenvalue weighted by Gasteiger charge is 2.06. The summed E-state index contributed by atoms with van der Waals surface area (Å²) in [4.78, 5) is 11.5. The van der Waals surface area contributed by atoms with Crippen molar-refractivity contribution in [1.82, 2.24) is 0 Å². The first-order valence-electron chi connectivity index (χ1n) is 4.18. The number of hydrogen-bond donors (Lipinski definition) is 1. The Labute approximate surface area is 82.5 Å². The number of carbonyl (C=O) groups is 1. The molecule has 0 aliphatic rings. The van der Waals surface area contributed by atoms with Crippen molar-refractivity contribution in [3.05, 3.63) is 35.9 Å². The molecule has 0 amide bonds. The zero-order valence-electron chi connectivity index (χ0n) is 7.57. The first kappa shape index (κ1) is 10.3. The van der Waals surface area contributed by atoms with Crippen LogP contribution in [0.1, 0.15) is 17.3 Å². The average Bonchev–Trinajstić information content (AvgIpc) is 2.15. The summed E-state index contributed by atoms with van der Waals surface area (Å²) in [7, 11) is 0. The summed E-state index contributed by atoms with van der Waals surface area (Å²) in [6.07, 6.45) is 0. The average molecular weight is 195 g/mol. The predicted molar refractivity (Wildman–Crippen MR) is 56.9 cm³/mol. The van der Waals surface area contributed by atoms with Gasteiger partial charge in [0.15, 0.2) is 0 Å². The zero-order valence-corrected chi connectivity index (χ0v) is 8.38. The SMILES string of the molecule is CC(N)CSC(=O)c1ccccc1. The van der Waals surface area contributed by atoms with Gasteiger partial charge in [-0.05, 0) is 6.92 Å². The van der Waals surface area contributed by atoms with Crippen LogP contribution >= 0.6 is 11.8 Å². The van der Waals surface area contributed by atoms with Crippen LogP contribution in [0.4, 0.5) is 0 Å². The fourth-order valence-corrected chi connectivity index (χ4v) is 1.58. The maximum Gasteiger partial charge on any atom is 0.219 e. The van der Waals surface area contributed by atoms with Crippen LogP contribution < -0.4 is 5.73 Å². The maximum absolute atomic E-state index is 11.5. The van der Waals surface area contributed by atoms with Gasteiger partial charge in [0.1, 0.15) is 0 Å². The van der Waals surface area contributed by atoms with Gasteiger partial charge in [-0.2, -0.15) is 0 Å². The van der Waals surface area contributed by atoms with Crippen LogP contribution in [0.15, 0.2) is 30.3 Å². The van der Waals surface area contributed by atoms with E-state index in [4.69, 9.17) is 5.73 Å². The highest BCUT2D eigenvalue weighted by Crippen LogP contribution is 2.12. The van der Waals surface area contributed by atoms with Crippen molar-refractivity contribution in [3.63, 3.8) is 0 Å². The summed E-state index contributed by atoms with van der Waals surface area (Å²) >= 11 is 1.27. The zero-order chi connectivity index (χ0) is 9.68. The molecule has 70 valence electrons. The lowest BCUT2D eigenvalue weighted by atomic mass is 10.2.